The summed E-state index contributed by atoms with van der Waals surface area (Å²) in [4.78, 5) is 10.3. The van der Waals surface area contributed by atoms with Crippen molar-refractivity contribution >= 4 is 31.9 Å². The van der Waals surface area contributed by atoms with E-state index in [1.165, 1.54) is 19.1 Å². The molecule has 0 saturated carbocycles. The summed E-state index contributed by atoms with van der Waals surface area (Å²) < 4.78 is 38.9. The van der Waals surface area contributed by atoms with Crippen LogP contribution in [0.25, 0.3) is 0 Å². The Bertz CT molecular complexity index is 561. The van der Waals surface area contributed by atoms with E-state index in [0.717, 1.165) is 6.07 Å². The third-order valence-electron chi connectivity index (χ3n) is 2.20. The Labute approximate surface area is 112 Å². The Morgan fingerprint density at radius 2 is 2.17 bits per heavy atom. The number of hydrogen-bond donors (Lipinski definition) is 2. The minimum atomic E-state index is -3.90. The summed E-state index contributed by atoms with van der Waals surface area (Å²) in [5.41, 5.74) is 0. The molecule has 100 valence electrons. The maximum atomic E-state index is 13.2. The lowest BCUT2D eigenvalue weighted by Gasteiger charge is -2.09. The largest absolute Gasteiger partial charge is 0.481 e. The second-order valence-corrected chi connectivity index (χ2v) is 6.29. The molecule has 1 atom stereocenters. The maximum Gasteiger partial charge on any atom is 0.307 e. The van der Waals surface area contributed by atoms with Crippen LogP contribution in [0, 0.1) is 11.7 Å². The van der Waals surface area contributed by atoms with Gasteiger partial charge in [0.1, 0.15) is 5.82 Å². The number of halogens is 2. The third-order valence-corrected chi connectivity index (χ3v) is 4.27. The van der Waals surface area contributed by atoms with Gasteiger partial charge in [0.15, 0.2) is 0 Å². The molecule has 1 unspecified atom stereocenters. The summed E-state index contributed by atoms with van der Waals surface area (Å²) >= 11 is 2.91. The predicted octanol–water partition coefficient (Wildman–Crippen LogP) is 1.59. The van der Waals surface area contributed by atoms with E-state index < -0.39 is 27.7 Å². The first-order valence-corrected chi connectivity index (χ1v) is 7.19. The first-order chi connectivity index (χ1) is 8.24. The number of aliphatic carboxylic acids is 1. The predicted molar refractivity (Wildman–Crippen MR) is 66.1 cm³/mol. The smallest absolute Gasteiger partial charge is 0.307 e. The van der Waals surface area contributed by atoms with Gasteiger partial charge in [-0.05, 0) is 34.1 Å². The minimum absolute atomic E-state index is 0.153. The van der Waals surface area contributed by atoms with Crippen molar-refractivity contribution in [1.82, 2.24) is 4.72 Å². The summed E-state index contributed by atoms with van der Waals surface area (Å²) in [6.07, 6.45) is 0. The SMILES string of the molecule is CC(CNS(=O)(=O)c1ccc(Br)c(F)c1)C(=O)O. The average molecular weight is 340 g/mol. The molecule has 1 rings (SSSR count). The molecule has 0 fully saturated rings. The van der Waals surface area contributed by atoms with Crippen LogP contribution in [0.5, 0.6) is 0 Å². The van der Waals surface area contributed by atoms with Gasteiger partial charge in [0.2, 0.25) is 10.0 Å². The van der Waals surface area contributed by atoms with Gasteiger partial charge in [-0.3, -0.25) is 4.79 Å². The lowest BCUT2D eigenvalue weighted by atomic mass is 10.2. The monoisotopic (exact) mass is 339 g/mol. The van der Waals surface area contributed by atoms with Crippen LogP contribution in [0.1, 0.15) is 6.92 Å². The molecule has 1 aromatic carbocycles. The van der Waals surface area contributed by atoms with Crippen LogP contribution < -0.4 is 4.72 Å². The first kappa shape index (κ1) is 15.1. The van der Waals surface area contributed by atoms with Crippen molar-refractivity contribution in [3.8, 4) is 0 Å². The van der Waals surface area contributed by atoms with Gasteiger partial charge in [-0.2, -0.15) is 0 Å². The van der Waals surface area contributed by atoms with E-state index in [9.17, 15) is 17.6 Å². The molecule has 0 heterocycles. The number of sulfonamides is 1. The Morgan fingerprint density at radius 3 is 2.67 bits per heavy atom. The molecule has 0 saturated heterocycles. The normalized spacial score (nSPS) is 13.3. The molecule has 0 aliphatic heterocycles. The van der Waals surface area contributed by atoms with Crippen LogP contribution >= 0.6 is 15.9 Å². The van der Waals surface area contributed by atoms with Crippen LogP contribution in [0.2, 0.25) is 0 Å². The van der Waals surface area contributed by atoms with Crippen molar-refractivity contribution in [2.45, 2.75) is 11.8 Å². The van der Waals surface area contributed by atoms with Gasteiger partial charge in [0, 0.05) is 6.54 Å². The van der Waals surface area contributed by atoms with Crippen molar-refractivity contribution in [3.05, 3.63) is 28.5 Å². The van der Waals surface area contributed by atoms with Crippen LogP contribution in [0.15, 0.2) is 27.6 Å². The minimum Gasteiger partial charge on any atom is -0.481 e. The number of carbonyl (C=O) groups is 1. The van der Waals surface area contributed by atoms with Crippen molar-refractivity contribution in [1.29, 1.82) is 0 Å². The first-order valence-electron chi connectivity index (χ1n) is 4.91. The lowest BCUT2D eigenvalue weighted by molar-refractivity contribution is -0.140. The molecule has 0 aromatic heterocycles. The van der Waals surface area contributed by atoms with Crippen molar-refractivity contribution < 1.29 is 22.7 Å². The molecule has 0 bridgehead atoms. The summed E-state index contributed by atoms with van der Waals surface area (Å²) in [6.45, 7) is 1.11. The summed E-state index contributed by atoms with van der Waals surface area (Å²) in [5.74, 6) is -2.68. The molecule has 0 spiro atoms. The van der Waals surface area contributed by atoms with E-state index >= 15 is 0 Å². The highest BCUT2D eigenvalue weighted by atomic mass is 79.9. The van der Waals surface area contributed by atoms with Gasteiger partial charge in [-0.25, -0.2) is 17.5 Å². The van der Waals surface area contributed by atoms with E-state index in [4.69, 9.17) is 5.11 Å². The second-order valence-electron chi connectivity index (χ2n) is 3.67. The molecule has 18 heavy (non-hydrogen) atoms. The van der Waals surface area contributed by atoms with Gasteiger partial charge in [0.25, 0.3) is 0 Å². The zero-order valence-corrected chi connectivity index (χ0v) is 11.8. The molecule has 0 amide bonds. The van der Waals surface area contributed by atoms with Gasteiger partial charge in [-0.15, -0.1) is 0 Å². The van der Waals surface area contributed by atoms with E-state index in [1.54, 1.807) is 0 Å². The molecular formula is C10H11BrFNO4S. The Balaban J connectivity index is 2.87. The Kier molecular flexibility index (Phi) is 4.83. The standard InChI is InChI=1S/C10H11BrFNO4S/c1-6(10(14)15)5-13-18(16,17)7-2-3-8(11)9(12)4-7/h2-4,6,13H,5H2,1H3,(H,14,15). The van der Waals surface area contributed by atoms with Crippen LogP contribution in [-0.4, -0.2) is 26.0 Å². The average Bonchev–Trinajstić information content (AvgIpc) is 2.29. The van der Waals surface area contributed by atoms with E-state index in [2.05, 4.69) is 20.7 Å². The third kappa shape index (κ3) is 3.76. The molecule has 5 nitrogen and oxygen atoms in total. The number of carboxylic acids is 1. The molecule has 8 heteroatoms. The molecule has 0 aliphatic rings. The van der Waals surface area contributed by atoms with E-state index in [1.807, 2.05) is 0 Å². The topological polar surface area (TPSA) is 83.5 Å². The second kappa shape index (κ2) is 5.77. The number of carboxylic acid groups (broad SMARTS) is 1. The lowest BCUT2D eigenvalue weighted by Crippen LogP contribution is -2.31. The van der Waals surface area contributed by atoms with Crippen LogP contribution in [-0.2, 0) is 14.8 Å². The van der Waals surface area contributed by atoms with Gasteiger partial charge >= 0.3 is 5.97 Å². The highest BCUT2D eigenvalue weighted by Gasteiger charge is 2.19. The molecule has 0 radical (unpaired) electrons. The quantitative estimate of drug-likeness (QED) is 0.853. The zero-order valence-electron chi connectivity index (χ0n) is 9.35. The van der Waals surface area contributed by atoms with Crippen molar-refractivity contribution in [2.75, 3.05) is 6.54 Å². The number of benzene rings is 1. The van der Waals surface area contributed by atoms with Gasteiger partial charge < -0.3 is 5.11 Å². The Hall–Kier alpha value is -0.990. The fourth-order valence-corrected chi connectivity index (χ4v) is 2.44. The van der Waals surface area contributed by atoms with Crippen molar-refractivity contribution in [3.63, 3.8) is 0 Å². The highest BCUT2D eigenvalue weighted by molar-refractivity contribution is 9.10. The number of nitrogens with one attached hydrogen (secondary N) is 1. The molecular weight excluding hydrogens is 329 g/mol. The van der Waals surface area contributed by atoms with Gasteiger partial charge in [-0.1, -0.05) is 6.92 Å². The van der Waals surface area contributed by atoms with Gasteiger partial charge in [0.05, 0.1) is 15.3 Å². The summed E-state index contributed by atoms with van der Waals surface area (Å²) in [6, 6.07) is 3.35. The Morgan fingerprint density at radius 1 is 1.56 bits per heavy atom. The number of hydrogen-bond acceptors (Lipinski definition) is 3. The fraction of sp³-hybridized carbons (Fsp3) is 0.300. The van der Waals surface area contributed by atoms with E-state index in [-0.39, 0.29) is 15.9 Å². The zero-order chi connectivity index (χ0) is 13.9. The van der Waals surface area contributed by atoms with Crippen LogP contribution in [0.4, 0.5) is 4.39 Å². The van der Waals surface area contributed by atoms with Crippen molar-refractivity contribution in [2.24, 2.45) is 5.92 Å². The molecule has 2 N–H and O–H groups in total. The van der Waals surface area contributed by atoms with E-state index in [0.29, 0.717) is 0 Å². The fourth-order valence-electron chi connectivity index (χ4n) is 1.05. The maximum absolute atomic E-state index is 13.2. The summed E-state index contributed by atoms with van der Waals surface area (Å²) in [7, 11) is -3.90. The summed E-state index contributed by atoms with van der Waals surface area (Å²) in [5, 5.41) is 8.63. The molecule has 0 aliphatic carbocycles. The molecule has 1 aromatic rings. The van der Waals surface area contributed by atoms with Crippen LogP contribution in [0.3, 0.4) is 0 Å². The number of rotatable bonds is 5. The highest BCUT2D eigenvalue weighted by Crippen LogP contribution is 2.19.